The second-order valence-corrected chi connectivity index (χ2v) is 6.30. The number of aromatic nitrogens is 2. The van der Waals surface area contributed by atoms with Crippen LogP contribution in [0.1, 0.15) is 24.0 Å². The maximum Gasteiger partial charge on any atom is 0.140 e. The van der Waals surface area contributed by atoms with Gasteiger partial charge in [0, 0.05) is 20.6 Å². The van der Waals surface area contributed by atoms with Crippen LogP contribution in [0.2, 0.25) is 5.15 Å². The molecule has 0 N–H and O–H groups in total. The summed E-state index contributed by atoms with van der Waals surface area (Å²) in [6.07, 6.45) is 0.876. The molecule has 0 saturated carbocycles. The van der Waals surface area contributed by atoms with Crippen LogP contribution in [0.3, 0.4) is 0 Å². The Morgan fingerprint density at radius 1 is 1.26 bits per heavy atom. The summed E-state index contributed by atoms with van der Waals surface area (Å²) in [5, 5.41) is 0.564. The van der Waals surface area contributed by atoms with Gasteiger partial charge >= 0.3 is 0 Å². The van der Waals surface area contributed by atoms with Crippen molar-refractivity contribution in [1.29, 1.82) is 0 Å². The molecule has 5 heteroatoms. The van der Waals surface area contributed by atoms with Gasteiger partial charge in [0.05, 0.1) is 5.75 Å². The monoisotopic (exact) mass is 356 g/mol. The van der Waals surface area contributed by atoms with Crippen LogP contribution in [-0.4, -0.2) is 9.97 Å². The zero-order valence-electron chi connectivity index (χ0n) is 10.8. The van der Waals surface area contributed by atoms with Gasteiger partial charge in [-0.05, 0) is 41.4 Å². The number of hydrogen-bond donors (Lipinski definition) is 0. The van der Waals surface area contributed by atoms with E-state index >= 15 is 0 Å². The van der Waals surface area contributed by atoms with Gasteiger partial charge in [-0.2, -0.15) is 0 Å². The Morgan fingerprint density at radius 2 is 2.00 bits per heavy atom. The van der Waals surface area contributed by atoms with Gasteiger partial charge in [-0.3, -0.25) is 0 Å². The molecule has 0 radical (unpaired) electrons. The molecule has 1 heterocycles. The minimum atomic E-state index is 0.564. The Labute approximate surface area is 131 Å². The van der Waals surface area contributed by atoms with Gasteiger partial charge in [0.1, 0.15) is 11.0 Å². The summed E-state index contributed by atoms with van der Waals surface area (Å²) >= 11 is 11.4. The summed E-state index contributed by atoms with van der Waals surface area (Å²) in [4.78, 5) is 10.1. The largest absolute Gasteiger partial charge is 0.237 e. The van der Waals surface area contributed by atoms with Crippen molar-refractivity contribution in [3.8, 4) is 0 Å². The van der Waals surface area contributed by atoms with E-state index in [2.05, 4.69) is 38.9 Å². The van der Waals surface area contributed by atoms with E-state index in [0.29, 0.717) is 5.15 Å². The van der Waals surface area contributed by atoms with Crippen molar-refractivity contribution in [2.75, 3.05) is 0 Å². The highest BCUT2D eigenvalue weighted by Crippen LogP contribution is 2.29. The maximum atomic E-state index is 6.14. The molecule has 0 spiro atoms. The van der Waals surface area contributed by atoms with Gasteiger partial charge in [0.25, 0.3) is 0 Å². The fourth-order valence-electron chi connectivity index (χ4n) is 1.69. The molecule has 0 bridgehead atoms. The van der Waals surface area contributed by atoms with Gasteiger partial charge < -0.3 is 0 Å². The number of halogens is 2. The molecule has 19 heavy (non-hydrogen) atoms. The molecule has 0 saturated heterocycles. The van der Waals surface area contributed by atoms with E-state index in [-0.39, 0.29) is 0 Å². The van der Waals surface area contributed by atoms with E-state index in [1.807, 2.05) is 25.1 Å². The van der Waals surface area contributed by atoms with E-state index in [9.17, 15) is 0 Å². The first-order chi connectivity index (χ1) is 9.11. The van der Waals surface area contributed by atoms with E-state index in [1.54, 1.807) is 11.8 Å². The van der Waals surface area contributed by atoms with Gasteiger partial charge in [-0.1, -0.05) is 30.7 Å². The van der Waals surface area contributed by atoms with Crippen molar-refractivity contribution >= 4 is 39.3 Å². The van der Waals surface area contributed by atoms with E-state index < -0.39 is 0 Å². The van der Waals surface area contributed by atoms with Crippen LogP contribution in [0.15, 0.2) is 33.6 Å². The van der Waals surface area contributed by atoms with Crippen molar-refractivity contribution in [1.82, 2.24) is 9.97 Å². The Morgan fingerprint density at radius 3 is 2.68 bits per heavy atom. The Hall–Kier alpha value is -0.580. The molecular weight excluding hydrogens is 344 g/mol. The molecule has 0 fully saturated rings. The molecule has 0 aliphatic carbocycles. The van der Waals surface area contributed by atoms with Gasteiger partial charge in [-0.25, -0.2) is 9.97 Å². The van der Waals surface area contributed by atoms with Crippen molar-refractivity contribution in [2.45, 2.75) is 30.9 Å². The number of benzene rings is 1. The Kier molecular flexibility index (Phi) is 5.25. The third-order valence-corrected chi connectivity index (χ3v) is 5.15. The third kappa shape index (κ3) is 3.71. The predicted octanol–water partition coefficient (Wildman–Crippen LogP) is 5.06. The molecular formula is C14H14BrClN2S. The van der Waals surface area contributed by atoms with Crippen LogP contribution in [0.25, 0.3) is 0 Å². The van der Waals surface area contributed by atoms with Crippen LogP contribution < -0.4 is 0 Å². The first kappa shape index (κ1) is 14.8. The van der Waals surface area contributed by atoms with Crippen LogP contribution in [0.4, 0.5) is 0 Å². The SMILES string of the molecule is CCc1nc(CSc2ccccc2Br)nc(Cl)c1C. The summed E-state index contributed by atoms with van der Waals surface area (Å²) in [7, 11) is 0. The maximum absolute atomic E-state index is 6.14. The van der Waals surface area contributed by atoms with Crippen molar-refractivity contribution in [2.24, 2.45) is 0 Å². The lowest BCUT2D eigenvalue weighted by molar-refractivity contribution is 0.918. The average molecular weight is 358 g/mol. The summed E-state index contributed by atoms with van der Waals surface area (Å²) in [6, 6.07) is 8.13. The molecule has 2 rings (SSSR count). The number of rotatable bonds is 4. The number of aryl methyl sites for hydroxylation is 1. The van der Waals surface area contributed by atoms with E-state index in [4.69, 9.17) is 11.6 Å². The number of nitrogens with zero attached hydrogens (tertiary/aromatic N) is 2. The van der Waals surface area contributed by atoms with Crippen molar-refractivity contribution < 1.29 is 0 Å². The molecule has 2 nitrogen and oxygen atoms in total. The zero-order valence-corrected chi connectivity index (χ0v) is 13.9. The summed E-state index contributed by atoms with van der Waals surface area (Å²) in [5.74, 6) is 1.50. The second kappa shape index (κ2) is 6.73. The van der Waals surface area contributed by atoms with Gasteiger partial charge in [-0.15, -0.1) is 11.8 Å². The van der Waals surface area contributed by atoms with Crippen molar-refractivity contribution in [3.05, 3.63) is 51.0 Å². The van der Waals surface area contributed by atoms with E-state index in [1.165, 1.54) is 4.90 Å². The lowest BCUT2D eigenvalue weighted by atomic mass is 10.2. The molecule has 100 valence electrons. The smallest absolute Gasteiger partial charge is 0.140 e. The normalized spacial score (nSPS) is 10.7. The highest BCUT2D eigenvalue weighted by molar-refractivity contribution is 9.10. The molecule has 0 aliphatic heterocycles. The highest BCUT2D eigenvalue weighted by Gasteiger charge is 2.09. The summed E-state index contributed by atoms with van der Waals surface area (Å²) in [5.41, 5.74) is 2.02. The minimum absolute atomic E-state index is 0.564. The Bertz CT molecular complexity index is 590. The molecule has 1 aromatic carbocycles. The number of hydrogen-bond acceptors (Lipinski definition) is 3. The molecule has 1 aromatic heterocycles. The summed E-state index contributed by atoms with van der Waals surface area (Å²) in [6.45, 7) is 4.04. The van der Waals surface area contributed by atoms with Gasteiger partial charge in [0.15, 0.2) is 0 Å². The minimum Gasteiger partial charge on any atom is -0.237 e. The van der Waals surface area contributed by atoms with Gasteiger partial charge in [0.2, 0.25) is 0 Å². The number of thioether (sulfide) groups is 1. The van der Waals surface area contributed by atoms with Crippen LogP contribution in [0, 0.1) is 6.92 Å². The lowest BCUT2D eigenvalue weighted by Gasteiger charge is -2.08. The molecule has 2 aromatic rings. The average Bonchev–Trinajstić information content (AvgIpc) is 2.41. The zero-order chi connectivity index (χ0) is 13.8. The topological polar surface area (TPSA) is 25.8 Å². The fourth-order valence-corrected chi connectivity index (χ4v) is 3.32. The standard InChI is InChI=1S/C14H14BrClN2S/c1-3-11-9(2)14(16)18-13(17-11)8-19-12-7-5-4-6-10(12)15/h4-7H,3,8H2,1-2H3. The van der Waals surface area contributed by atoms with Crippen molar-refractivity contribution in [3.63, 3.8) is 0 Å². The highest BCUT2D eigenvalue weighted by atomic mass is 79.9. The molecule has 0 atom stereocenters. The molecule has 0 amide bonds. The first-order valence-electron chi connectivity index (χ1n) is 6.01. The van der Waals surface area contributed by atoms with E-state index in [0.717, 1.165) is 33.7 Å². The van der Waals surface area contributed by atoms with Crippen LogP contribution in [-0.2, 0) is 12.2 Å². The molecule has 0 unspecified atom stereocenters. The predicted molar refractivity (Wildman–Crippen MR) is 84.9 cm³/mol. The second-order valence-electron chi connectivity index (χ2n) is 4.07. The first-order valence-corrected chi connectivity index (χ1v) is 8.16. The fraction of sp³-hybridized carbons (Fsp3) is 0.286. The third-order valence-electron chi connectivity index (χ3n) is 2.76. The lowest BCUT2D eigenvalue weighted by Crippen LogP contribution is -2.01. The quantitative estimate of drug-likeness (QED) is 0.565. The Balaban J connectivity index is 2.16. The molecule has 0 aliphatic rings. The van der Waals surface area contributed by atoms with Crippen LogP contribution >= 0.6 is 39.3 Å². The summed E-state index contributed by atoms with van der Waals surface area (Å²) < 4.78 is 1.09. The van der Waals surface area contributed by atoms with Crippen LogP contribution in [0.5, 0.6) is 0 Å².